The minimum atomic E-state index is -4.19. The van der Waals surface area contributed by atoms with Crippen molar-refractivity contribution >= 4 is 15.9 Å². The van der Waals surface area contributed by atoms with Crippen molar-refractivity contribution in [2.45, 2.75) is 44.7 Å². The topological polar surface area (TPSA) is 84.5 Å². The van der Waals surface area contributed by atoms with Crippen molar-refractivity contribution in [2.24, 2.45) is 5.92 Å². The summed E-state index contributed by atoms with van der Waals surface area (Å²) in [5.41, 5.74) is 0.848. The van der Waals surface area contributed by atoms with Gasteiger partial charge < -0.3 is 10.1 Å². The van der Waals surface area contributed by atoms with Crippen molar-refractivity contribution in [1.29, 1.82) is 0 Å². The maximum absolute atomic E-state index is 13.9. The van der Waals surface area contributed by atoms with E-state index < -0.39 is 32.7 Å². The summed E-state index contributed by atoms with van der Waals surface area (Å²) in [5.74, 6) is -0.969. The fourth-order valence-electron chi connectivity index (χ4n) is 2.79. The molecule has 1 unspecified atom stereocenters. The van der Waals surface area contributed by atoms with E-state index in [1.165, 1.54) is 12.1 Å². The summed E-state index contributed by atoms with van der Waals surface area (Å²) in [6.07, 6.45) is 0. The fraction of sp³-hybridized carbons (Fsp3) is 0.381. The lowest BCUT2D eigenvalue weighted by atomic mass is 10.0. The minimum absolute atomic E-state index is 0.343. The predicted octanol–water partition coefficient (Wildman–Crippen LogP) is 3.40. The molecular weight excluding hydrogens is 395 g/mol. The van der Waals surface area contributed by atoms with Crippen LogP contribution in [0.3, 0.4) is 0 Å². The van der Waals surface area contributed by atoms with E-state index in [1.54, 1.807) is 20.8 Å². The first-order valence-corrected chi connectivity index (χ1v) is 10.9. The highest BCUT2D eigenvalue weighted by Crippen LogP contribution is 2.19. The van der Waals surface area contributed by atoms with Crippen LogP contribution in [0.5, 0.6) is 5.75 Å². The number of ether oxygens (including phenoxy) is 1. The van der Waals surface area contributed by atoms with Crippen LogP contribution >= 0.6 is 0 Å². The Morgan fingerprint density at radius 3 is 2.24 bits per heavy atom. The van der Waals surface area contributed by atoms with Crippen LogP contribution in [0.1, 0.15) is 39.3 Å². The molecule has 0 aliphatic rings. The number of benzene rings is 2. The number of carbonyl (C=O) groups excluding carboxylic acids is 1. The molecule has 2 N–H and O–H groups in total. The maximum Gasteiger partial charge on any atom is 0.244 e. The molecule has 0 aliphatic heterocycles. The molecule has 2 aromatic carbocycles. The van der Waals surface area contributed by atoms with Crippen molar-refractivity contribution in [2.75, 3.05) is 6.61 Å². The number of hydrogen-bond donors (Lipinski definition) is 2. The van der Waals surface area contributed by atoms with Crippen LogP contribution in [0, 0.1) is 11.7 Å². The summed E-state index contributed by atoms with van der Waals surface area (Å²) in [6, 6.07) is 10.9. The van der Waals surface area contributed by atoms with E-state index in [-0.39, 0.29) is 12.0 Å². The Labute approximate surface area is 171 Å². The van der Waals surface area contributed by atoms with Crippen LogP contribution in [0.25, 0.3) is 0 Å². The van der Waals surface area contributed by atoms with Crippen LogP contribution in [0.4, 0.5) is 4.39 Å². The Kier molecular flexibility index (Phi) is 7.75. The molecule has 0 heterocycles. The zero-order chi connectivity index (χ0) is 21.6. The van der Waals surface area contributed by atoms with Gasteiger partial charge in [0.05, 0.1) is 12.6 Å². The normalized spacial score (nSPS) is 13.7. The van der Waals surface area contributed by atoms with Gasteiger partial charge in [-0.1, -0.05) is 38.1 Å². The molecule has 2 atom stereocenters. The molecule has 6 nitrogen and oxygen atoms in total. The third-order valence-corrected chi connectivity index (χ3v) is 5.88. The van der Waals surface area contributed by atoms with Crippen LogP contribution in [-0.2, 0) is 14.8 Å². The van der Waals surface area contributed by atoms with Crippen molar-refractivity contribution < 1.29 is 22.3 Å². The molecule has 158 valence electrons. The van der Waals surface area contributed by atoms with Gasteiger partial charge in [-0.2, -0.15) is 4.72 Å². The number of carbonyl (C=O) groups is 1. The van der Waals surface area contributed by atoms with Gasteiger partial charge in [0.2, 0.25) is 15.9 Å². The minimum Gasteiger partial charge on any atom is -0.494 e. The van der Waals surface area contributed by atoms with E-state index in [9.17, 15) is 17.6 Å². The summed E-state index contributed by atoms with van der Waals surface area (Å²) in [5, 5.41) is 2.82. The Hall–Kier alpha value is -2.45. The highest BCUT2D eigenvalue weighted by atomic mass is 32.2. The molecule has 0 aromatic heterocycles. The molecule has 0 aliphatic carbocycles. The van der Waals surface area contributed by atoms with Gasteiger partial charge in [0.15, 0.2) is 0 Å². The van der Waals surface area contributed by atoms with Gasteiger partial charge in [-0.05, 0) is 49.6 Å². The second-order valence-electron chi connectivity index (χ2n) is 7.01. The molecule has 2 aromatic rings. The lowest BCUT2D eigenvalue weighted by Crippen LogP contribution is -2.50. The van der Waals surface area contributed by atoms with Gasteiger partial charge in [0.25, 0.3) is 0 Å². The predicted molar refractivity (Wildman–Crippen MR) is 110 cm³/mol. The Morgan fingerprint density at radius 1 is 1.07 bits per heavy atom. The largest absolute Gasteiger partial charge is 0.494 e. The summed E-state index contributed by atoms with van der Waals surface area (Å²) in [7, 11) is -4.19. The summed E-state index contributed by atoms with van der Waals surface area (Å²) in [4.78, 5) is 12.3. The van der Waals surface area contributed by atoms with Gasteiger partial charge in [-0.3, -0.25) is 4.79 Å². The molecular formula is C21H27FN2O4S. The Morgan fingerprint density at radius 2 is 1.69 bits per heavy atom. The molecule has 0 saturated heterocycles. The van der Waals surface area contributed by atoms with E-state index in [2.05, 4.69) is 10.0 Å². The third-order valence-electron chi connectivity index (χ3n) is 4.41. The quantitative estimate of drug-likeness (QED) is 0.649. The molecule has 0 saturated carbocycles. The number of halogens is 1. The van der Waals surface area contributed by atoms with E-state index in [0.29, 0.717) is 6.61 Å². The lowest BCUT2D eigenvalue weighted by molar-refractivity contribution is -0.124. The lowest BCUT2D eigenvalue weighted by Gasteiger charge is -2.24. The fourth-order valence-corrected chi connectivity index (χ4v) is 4.21. The van der Waals surface area contributed by atoms with E-state index in [1.807, 2.05) is 31.2 Å². The molecule has 8 heteroatoms. The van der Waals surface area contributed by atoms with Gasteiger partial charge >= 0.3 is 0 Å². The van der Waals surface area contributed by atoms with Crippen LogP contribution in [-0.4, -0.2) is 27.0 Å². The zero-order valence-corrected chi connectivity index (χ0v) is 17.8. The highest BCUT2D eigenvalue weighted by molar-refractivity contribution is 7.89. The Balaban J connectivity index is 2.14. The number of nitrogens with one attached hydrogen (secondary N) is 2. The van der Waals surface area contributed by atoms with Gasteiger partial charge in [-0.15, -0.1) is 0 Å². The maximum atomic E-state index is 13.9. The average molecular weight is 423 g/mol. The molecule has 0 fully saturated rings. The van der Waals surface area contributed by atoms with Gasteiger partial charge in [0.1, 0.15) is 22.5 Å². The summed E-state index contributed by atoms with van der Waals surface area (Å²) >= 11 is 0. The van der Waals surface area contributed by atoms with E-state index in [4.69, 9.17) is 4.74 Å². The highest BCUT2D eigenvalue weighted by Gasteiger charge is 2.30. The van der Waals surface area contributed by atoms with Crippen LogP contribution in [0.15, 0.2) is 53.4 Å². The SMILES string of the molecule is CCOc1ccc(C(C)NC(=O)[C@@H](NS(=O)(=O)c2ccccc2F)C(C)C)cc1. The number of hydrogen-bond acceptors (Lipinski definition) is 4. The molecule has 0 spiro atoms. The summed E-state index contributed by atoms with van der Waals surface area (Å²) < 4.78 is 46.8. The van der Waals surface area contributed by atoms with E-state index >= 15 is 0 Å². The summed E-state index contributed by atoms with van der Waals surface area (Å²) in [6.45, 7) is 7.69. The van der Waals surface area contributed by atoms with Crippen molar-refractivity contribution in [3.8, 4) is 5.75 Å². The first-order chi connectivity index (χ1) is 13.7. The van der Waals surface area contributed by atoms with Gasteiger partial charge in [-0.25, -0.2) is 12.8 Å². The van der Waals surface area contributed by atoms with Gasteiger partial charge in [0, 0.05) is 0 Å². The first kappa shape index (κ1) is 22.8. The monoisotopic (exact) mass is 422 g/mol. The number of rotatable bonds is 9. The molecule has 29 heavy (non-hydrogen) atoms. The Bertz CT molecular complexity index is 930. The number of sulfonamides is 1. The average Bonchev–Trinajstić information content (AvgIpc) is 2.67. The van der Waals surface area contributed by atoms with Crippen molar-refractivity contribution in [1.82, 2.24) is 10.0 Å². The second kappa shape index (κ2) is 9.84. The molecule has 2 rings (SSSR count). The van der Waals surface area contributed by atoms with Crippen molar-refractivity contribution in [3.63, 3.8) is 0 Å². The van der Waals surface area contributed by atoms with Crippen LogP contribution in [0.2, 0.25) is 0 Å². The third kappa shape index (κ3) is 6.01. The van der Waals surface area contributed by atoms with Crippen molar-refractivity contribution in [3.05, 3.63) is 59.9 Å². The van der Waals surface area contributed by atoms with E-state index in [0.717, 1.165) is 23.4 Å². The second-order valence-corrected chi connectivity index (χ2v) is 8.69. The molecule has 0 radical (unpaired) electrons. The zero-order valence-electron chi connectivity index (χ0n) is 17.0. The smallest absolute Gasteiger partial charge is 0.244 e. The van der Waals surface area contributed by atoms with Crippen LogP contribution < -0.4 is 14.8 Å². The first-order valence-electron chi connectivity index (χ1n) is 9.45. The standard InChI is InChI=1S/C21H27FN2O4S/c1-5-28-17-12-10-16(11-13-17)15(4)23-21(25)20(14(2)3)24-29(26,27)19-9-7-6-8-18(19)22/h6-15,20,24H,5H2,1-4H3,(H,23,25)/t15?,20-/m0/s1. The number of amides is 1. The molecule has 0 bridgehead atoms. The molecule has 1 amide bonds.